The van der Waals surface area contributed by atoms with Crippen molar-refractivity contribution in [1.29, 1.82) is 0 Å². The summed E-state index contributed by atoms with van der Waals surface area (Å²) in [6, 6.07) is 7.97. The zero-order valence-electron chi connectivity index (χ0n) is 12.1. The van der Waals surface area contributed by atoms with Crippen LogP contribution in [0.3, 0.4) is 0 Å². The Morgan fingerprint density at radius 1 is 1.30 bits per heavy atom. The van der Waals surface area contributed by atoms with Crippen molar-refractivity contribution >= 4 is 27.4 Å². The number of hydrogen-bond acceptors (Lipinski definition) is 3. The van der Waals surface area contributed by atoms with Crippen molar-refractivity contribution in [3.8, 4) is 0 Å². The second-order valence-corrected chi connectivity index (χ2v) is 5.99. The summed E-state index contributed by atoms with van der Waals surface area (Å²) in [4.78, 5) is 14.3. The van der Waals surface area contributed by atoms with Crippen molar-refractivity contribution in [1.82, 2.24) is 4.90 Å². The van der Waals surface area contributed by atoms with Gasteiger partial charge >= 0.3 is 5.97 Å². The van der Waals surface area contributed by atoms with Crippen LogP contribution in [0.5, 0.6) is 0 Å². The standard InChI is InChI=1S/C16H21NO2S/c1-3-5-10-17(4-2)11-13-12-8-6-7-9-14(12)20-15(13)16(18)19/h6-9H,3-5,10-11H2,1-2H3,(H,18,19). The number of carboxylic acid groups (broad SMARTS) is 1. The number of fused-ring (bicyclic) bond motifs is 1. The summed E-state index contributed by atoms with van der Waals surface area (Å²) < 4.78 is 1.06. The maximum atomic E-state index is 11.5. The molecule has 0 bridgehead atoms. The summed E-state index contributed by atoms with van der Waals surface area (Å²) in [6.07, 6.45) is 2.31. The molecule has 0 aliphatic rings. The number of rotatable bonds is 7. The second kappa shape index (κ2) is 6.86. The third-order valence-corrected chi connectivity index (χ3v) is 4.75. The molecule has 2 rings (SSSR count). The van der Waals surface area contributed by atoms with E-state index in [1.165, 1.54) is 11.3 Å². The van der Waals surface area contributed by atoms with Crippen LogP contribution in [-0.2, 0) is 6.54 Å². The lowest BCUT2D eigenvalue weighted by Crippen LogP contribution is -2.24. The van der Waals surface area contributed by atoms with Crippen molar-refractivity contribution in [2.45, 2.75) is 33.2 Å². The Balaban J connectivity index is 2.35. The van der Waals surface area contributed by atoms with Crippen molar-refractivity contribution in [3.05, 3.63) is 34.7 Å². The molecule has 0 unspecified atom stereocenters. The highest BCUT2D eigenvalue weighted by Crippen LogP contribution is 2.32. The van der Waals surface area contributed by atoms with Gasteiger partial charge in [0.15, 0.2) is 0 Å². The van der Waals surface area contributed by atoms with Gasteiger partial charge in [-0.1, -0.05) is 38.5 Å². The van der Waals surface area contributed by atoms with Crippen LogP contribution in [0.4, 0.5) is 0 Å². The van der Waals surface area contributed by atoms with Crippen LogP contribution in [0.25, 0.3) is 10.1 Å². The molecule has 4 heteroatoms. The van der Waals surface area contributed by atoms with Crippen LogP contribution in [-0.4, -0.2) is 29.1 Å². The average molecular weight is 291 g/mol. The fourth-order valence-corrected chi connectivity index (χ4v) is 3.44. The summed E-state index contributed by atoms with van der Waals surface area (Å²) in [5.74, 6) is -0.812. The average Bonchev–Trinajstić information content (AvgIpc) is 2.82. The summed E-state index contributed by atoms with van der Waals surface area (Å²) >= 11 is 1.38. The first kappa shape index (κ1) is 15.0. The van der Waals surface area contributed by atoms with Gasteiger partial charge in [-0.25, -0.2) is 4.79 Å². The maximum Gasteiger partial charge on any atom is 0.346 e. The normalized spacial score (nSPS) is 11.3. The predicted octanol–water partition coefficient (Wildman–Crippen LogP) is 4.22. The first-order chi connectivity index (χ1) is 9.67. The zero-order chi connectivity index (χ0) is 14.5. The van der Waals surface area contributed by atoms with E-state index in [0.717, 1.165) is 48.1 Å². The molecule has 3 nitrogen and oxygen atoms in total. The molecule has 1 N–H and O–H groups in total. The number of aromatic carboxylic acids is 1. The van der Waals surface area contributed by atoms with Gasteiger partial charge in [0.05, 0.1) is 0 Å². The Hall–Kier alpha value is -1.39. The lowest BCUT2D eigenvalue weighted by atomic mass is 10.1. The van der Waals surface area contributed by atoms with E-state index < -0.39 is 5.97 Å². The molecular formula is C16H21NO2S. The van der Waals surface area contributed by atoms with Gasteiger partial charge < -0.3 is 5.11 Å². The molecule has 1 heterocycles. The third-order valence-electron chi connectivity index (χ3n) is 3.55. The Labute approximate surface area is 123 Å². The lowest BCUT2D eigenvalue weighted by molar-refractivity contribution is 0.0700. The smallest absolute Gasteiger partial charge is 0.346 e. The largest absolute Gasteiger partial charge is 0.477 e. The van der Waals surface area contributed by atoms with Crippen LogP contribution in [0, 0.1) is 0 Å². The fraction of sp³-hybridized carbons (Fsp3) is 0.438. The monoisotopic (exact) mass is 291 g/mol. The summed E-state index contributed by atoms with van der Waals surface area (Å²) in [5, 5.41) is 10.5. The number of carbonyl (C=O) groups is 1. The molecule has 0 spiro atoms. The third kappa shape index (κ3) is 3.19. The molecule has 0 aliphatic carbocycles. The molecule has 0 fully saturated rings. The molecule has 0 atom stereocenters. The quantitative estimate of drug-likeness (QED) is 0.830. The molecule has 2 aromatic rings. The number of carboxylic acids is 1. The van der Waals surface area contributed by atoms with Gasteiger partial charge in [-0.05, 0) is 36.5 Å². The van der Waals surface area contributed by atoms with E-state index in [1.807, 2.05) is 24.3 Å². The molecule has 1 aromatic heterocycles. The number of benzene rings is 1. The van der Waals surface area contributed by atoms with Gasteiger partial charge in [-0.2, -0.15) is 0 Å². The highest BCUT2D eigenvalue weighted by molar-refractivity contribution is 7.21. The van der Waals surface area contributed by atoms with E-state index >= 15 is 0 Å². The number of nitrogens with zero attached hydrogens (tertiary/aromatic N) is 1. The van der Waals surface area contributed by atoms with E-state index in [0.29, 0.717) is 4.88 Å². The van der Waals surface area contributed by atoms with Gasteiger partial charge in [0.1, 0.15) is 4.88 Å². The molecule has 0 saturated carbocycles. The number of hydrogen-bond donors (Lipinski definition) is 1. The number of unbranched alkanes of at least 4 members (excludes halogenated alkanes) is 1. The summed E-state index contributed by atoms with van der Waals surface area (Å²) in [6.45, 7) is 7.00. The van der Waals surface area contributed by atoms with E-state index in [1.54, 1.807) is 0 Å². The molecule has 0 radical (unpaired) electrons. The number of thiophene rings is 1. The van der Waals surface area contributed by atoms with Gasteiger partial charge in [0.25, 0.3) is 0 Å². The van der Waals surface area contributed by atoms with Crippen LogP contribution in [0.1, 0.15) is 41.9 Å². The molecule has 1 aromatic carbocycles. The fourth-order valence-electron chi connectivity index (χ4n) is 2.38. The molecular weight excluding hydrogens is 270 g/mol. The highest BCUT2D eigenvalue weighted by atomic mass is 32.1. The Bertz CT molecular complexity index is 591. The van der Waals surface area contributed by atoms with E-state index in [9.17, 15) is 9.90 Å². The Morgan fingerprint density at radius 2 is 2.05 bits per heavy atom. The summed E-state index contributed by atoms with van der Waals surface area (Å²) in [5.41, 5.74) is 0.969. The zero-order valence-corrected chi connectivity index (χ0v) is 12.9. The topological polar surface area (TPSA) is 40.5 Å². The van der Waals surface area contributed by atoms with Gasteiger partial charge in [0, 0.05) is 11.2 Å². The van der Waals surface area contributed by atoms with Crippen molar-refractivity contribution < 1.29 is 9.90 Å². The minimum atomic E-state index is -0.812. The Morgan fingerprint density at radius 3 is 2.70 bits per heavy atom. The SMILES string of the molecule is CCCCN(CC)Cc1c(C(=O)O)sc2ccccc12. The minimum absolute atomic E-state index is 0.487. The molecule has 0 aliphatic heterocycles. The highest BCUT2D eigenvalue weighted by Gasteiger charge is 2.19. The lowest BCUT2D eigenvalue weighted by Gasteiger charge is -2.20. The van der Waals surface area contributed by atoms with E-state index in [-0.39, 0.29) is 0 Å². The first-order valence-corrected chi connectivity index (χ1v) is 7.95. The second-order valence-electron chi connectivity index (χ2n) is 4.93. The van der Waals surface area contributed by atoms with Gasteiger partial charge in [0.2, 0.25) is 0 Å². The van der Waals surface area contributed by atoms with Crippen LogP contribution in [0.15, 0.2) is 24.3 Å². The van der Waals surface area contributed by atoms with Crippen molar-refractivity contribution in [3.63, 3.8) is 0 Å². The van der Waals surface area contributed by atoms with E-state index in [4.69, 9.17) is 0 Å². The van der Waals surface area contributed by atoms with Crippen molar-refractivity contribution in [2.75, 3.05) is 13.1 Å². The van der Waals surface area contributed by atoms with Gasteiger partial charge in [-0.3, -0.25) is 4.90 Å². The van der Waals surface area contributed by atoms with E-state index in [2.05, 4.69) is 18.7 Å². The molecule has 0 saturated heterocycles. The van der Waals surface area contributed by atoms with Crippen LogP contribution >= 0.6 is 11.3 Å². The van der Waals surface area contributed by atoms with Crippen LogP contribution in [0.2, 0.25) is 0 Å². The first-order valence-electron chi connectivity index (χ1n) is 7.13. The van der Waals surface area contributed by atoms with Crippen LogP contribution < -0.4 is 0 Å². The molecule has 20 heavy (non-hydrogen) atoms. The summed E-state index contributed by atoms with van der Waals surface area (Å²) in [7, 11) is 0. The Kier molecular flexibility index (Phi) is 5.15. The van der Waals surface area contributed by atoms with Crippen molar-refractivity contribution in [2.24, 2.45) is 0 Å². The maximum absolute atomic E-state index is 11.5. The minimum Gasteiger partial charge on any atom is -0.477 e. The van der Waals surface area contributed by atoms with Gasteiger partial charge in [-0.15, -0.1) is 11.3 Å². The predicted molar refractivity (Wildman–Crippen MR) is 84.6 cm³/mol. The molecule has 108 valence electrons. The molecule has 0 amide bonds.